The van der Waals surface area contributed by atoms with Gasteiger partial charge in [0.25, 0.3) is 0 Å². The molecule has 1 aliphatic rings. The molecular weight excluding hydrogens is 697 g/mol. The molecule has 0 aliphatic heterocycles. The van der Waals surface area contributed by atoms with E-state index >= 15 is 0 Å². The van der Waals surface area contributed by atoms with E-state index in [2.05, 4.69) is 218 Å². The lowest BCUT2D eigenvalue weighted by Crippen LogP contribution is -1.93. The summed E-state index contributed by atoms with van der Waals surface area (Å²) in [5, 5.41) is 10.2. The van der Waals surface area contributed by atoms with E-state index in [0.29, 0.717) is 0 Å². The molecule has 0 saturated heterocycles. The molecule has 0 unspecified atom stereocenters. The smallest absolute Gasteiger partial charge is 0.000741 e. The van der Waals surface area contributed by atoms with Crippen molar-refractivity contribution in [2.24, 2.45) is 0 Å². The summed E-state index contributed by atoms with van der Waals surface area (Å²) in [6, 6.07) is 80.8. The molecule has 0 fully saturated rings. The zero-order valence-corrected chi connectivity index (χ0v) is 31.8. The van der Waals surface area contributed by atoms with Crippen LogP contribution in [0.15, 0.2) is 218 Å². The van der Waals surface area contributed by atoms with Crippen LogP contribution in [0.4, 0.5) is 0 Å². The molecule has 0 saturated carbocycles. The normalized spacial score (nSPS) is 11.8. The first-order valence-corrected chi connectivity index (χ1v) is 20.2. The van der Waals surface area contributed by atoms with Gasteiger partial charge in [0.05, 0.1) is 0 Å². The second-order valence-electron chi connectivity index (χ2n) is 15.6. The van der Waals surface area contributed by atoms with Crippen molar-refractivity contribution in [3.8, 4) is 77.9 Å². The molecular formula is C58H36. The highest BCUT2D eigenvalue weighted by Crippen LogP contribution is 2.58. The summed E-state index contributed by atoms with van der Waals surface area (Å²) in [6.07, 6.45) is 0. The molecule has 0 aromatic heterocycles. The molecule has 0 amide bonds. The van der Waals surface area contributed by atoms with E-state index in [4.69, 9.17) is 0 Å². The number of benzene rings is 11. The molecule has 0 heteroatoms. The minimum absolute atomic E-state index is 1.22. The molecule has 0 atom stereocenters. The Morgan fingerprint density at radius 2 is 0.603 bits per heavy atom. The standard InChI is InChI=1S/C58H36/c1-3-12-37(13-4-1)43-28-29-46-36-47(31-30-45(46)35-43)48-32-33-53-56-49(48)20-11-21-52(56)57-54(40-15-5-2-6-16-40)50-18-9-10-19-51(50)55(58(53)57)41-25-22-39(23-26-41)44-27-24-38-14-7-8-17-42(38)34-44/h1-36H. The van der Waals surface area contributed by atoms with Crippen molar-refractivity contribution in [2.45, 2.75) is 0 Å². The van der Waals surface area contributed by atoms with Crippen LogP contribution in [0.5, 0.6) is 0 Å². The third-order valence-corrected chi connectivity index (χ3v) is 12.4. The topological polar surface area (TPSA) is 0 Å². The lowest BCUT2D eigenvalue weighted by molar-refractivity contribution is 1.61. The van der Waals surface area contributed by atoms with Gasteiger partial charge in [0.2, 0.25) is 0 Å². The van der Waals surface area contributed by atoms with Crippen LogP contribution in [0.25, 0.3) is 121 Å². The Hall–Kier alpha value is -7.54. The maximum Gasteiger partial charge on any atom is -0.000741 e. The van der Waals surface area contributed by atoms with E-state index in [9.17, 15) is 0 Å². The Labute approximate surface area is 337 Å². The van der Waals surface area contributed by atoms with E-state index in [1.165, 1.54) is 121 Å². The fraction of sp³-hybridized carbons (Fsp3) is 0. The van der Waals surface area contributed by atoms with E-state index in [0.717, 1.165) is 0 Å². The summed E-state index contributed by atoms with van der Waals surface area (Å²) in [5.41, 5.74) is 17.7. The van der Waals surface area contributed by atoms with Crippen LogP contribution < -0.4 is 0 Å². The Balaban J connectivity index is 1.07. The molecule has 11 aromatic rings. The van der Waals surface area contributed by atoms with Crippen LogP contribution in [0.2, 0.25) is 0 Å². The maximum atomic E-state index is 2.40. The van der Waals surface area contributed by atoms with Gasteiger partial charge in [-0.25, -0.2) is 0 Å². The van der Waals surface area contributed by atoms with Gasteiger partial charge < -0.3 is 0 Å². The van der Waals surface area contributed by atoms with Crippen LogP contribution in [-0.2, 0) is 0 Å². The van der Waals surface area contributed by atoms with Gasteiger partial charge in [-0.05, 0) is 139 Å². The minimum atomic E-state index is 1.22. The average Bonchev–Trinajstić information content (AvgIpc) is 3.63. The summed E-state index contributed by atoms with van der Waals surface area (Å²) in [7, 11) is 0. The zero-order valence-electron chi connectivity index (χ0n) is 31.8. The Morgan fingerprint density at radius 3 is 1.28 bits per heavy atom. The number of fused-ring (bicyclic) bond motifs is 6. The van der Waals surface area contributed by atoms with Crippen molar-refractivity contribution in [2.75, 3.05) is 0 Å². The lowest BCUT2D eigenvalue weighted by Gasteiger charge is -2.20. The summed E-state index contributed by atoms with van der Waals surface area (Å²) in [6.45, 7) is 0. The summed E-state index contributed by atoms with van der Waals surface area (Å²) < 4.78 is 0. The Kier molecular flexibility index (Phi) is 7.33. The highest BCUT2D eigenvalue weighted by atomic mass is 14.3. The first kappa shape index (κ1) is 32.7. The van der Waals surface area contributed by atoms with E-state index in [1.807, 2.05) is 0 Å². The van der Waals surface area contributed by atoms with E-state index in [-0.39, 0.29) is 0 Å². The highest BCUT2D eigenvalue weighted by molar-refractivity contribution is 6.29. The first-order valence-electron chi connectivity index (χ1n) is 20.2. The molecule has 11 aromatic carbocycles. The maximum absolute atomic E-state index is 2.40. The van der Waals surface area contributed by atoms with Crippen molar-refractivity contribution in [1.82, 2.24) is 0 Å². The van der Waals surface area contributed by atoms with Crippen molar-refractivity contribution in [3.63, 3.8) is 0 Å². The second-order valence-corrected chi connectivity index (χ2v) is 15.6. The van der Waals surface area contributed by atoms with Gasteiger partial charge >= 0.3 is 0 Å². The SMILES string of the molecule is c1ccc(-c2ccc3cc(-c4ccc5c6c(cccc46)-c4c-5c(-c5ccc(-c6ccc7ccccc7c6)cc5)c5ccccc5c4-c4ccccc4)ccc3c2)cc1. The van der Waals surface area contributed by atoms with Gasteiger partial charge in [0, 0.05) is 0 Å². The quantitative estimate of drug-likeness (QED) is 0.165. The number of hydrogen-bond acceptors (Lipinski definition) is 0. The second kappa shape index (κ2) is 13.0. The summed E-state index contributed by atoms with van der Waals surface area (Å²) in [4.78, 5) is 0. The number of hydrogen-bond donors (Lipinski definition) is 0. The van der Waals surface area contributed by atoms with Crippen LogP contribution >= 0.6 is 0 Å². The predicted molar refractivity (Wildman–Crippen MR) is 248 cm³/mol. The van der Waals surface area contributed by atoms with Gasteiger partial charge in [0.15, 0.2) is 0 Å². The monoisotopic (exact) mass is 732 g/mol. The fourth-order valence-corrected chi connectivity index (χ4v) is 9.68. The summed E-state index contributed by atoms with van der Waals surface area (Å²) in [5.74, 6) is 0. The molecule has 0 bridgehead atoms. The first-order chi connectivity index (χ1) is 28.8. The van der Waals surface area contributed by atoms with Crippen LogP contribution in [0.3, 0.4) is 0 Å². The fourth-order valence-electron chi connectivity index (χ4n) is 9.68. The molecule has 0 spiro atoms. The third kappa shape index (κ3) is 5.09. The van der Waals surface area contributed by atoms with Gasteiger partial charge in [-0.1, -0.05) is 200 Å². The van der Waals surface area contributed by atoms with E-state index in [1.54, 1.807) is 0 Å². The Bertz CT molecular complexity index is 3410. The molecule has 268 valence electrons. The highest BCUT2D eigenvalue weighted by Gasteiger charge is 2.31. The lowest BCUT2D eigenvalue weighted by atomic mass is 9.82. The largest absolute Gasteiger partial charge is 0.0622 e. The minimum Gasteiger partial charge on any atom is -0.0622 e. The van der Waals surface area contributed by atoms with Crippen molar-refractivity contribution in [3.05, 3.63) is 218 Å². The zero-order chi connectivity index (χ0) is 38.2. The van der Waals surface area contributed by atoms with Crippen molar-refractivity contribution >= 4 is 43.1 Å². The van der Waals surface area contributed by atoms with Gasteiger partial charge in [0.1, 0.15) is 0 Å². The molecule has 0 nitrogen and oxygen atoms in total. The van der Waals surface area contributed by atoms with Gasteiger partial charge in [-0.3, -0.25) is 0 Å². The summed E-state index contributed by atoms with van der Waals surface area (Å²) >= 11 is 0. The van der Waals surface area contributed by atoms with Crippen LogP contribution in [-0.4, -0.2) is 0 Å². The van der Waals surface area contributed by atoms with Crippen molar-refractivity contribution < 1.29 is 0 Å². The molecule has 58 heavy (non-hydrogen) atoms. The third-order valence-electron chi connectivity index (χ3n) is 12.4. The van der Waals surface area contributed by atoms with Gasteiger partial charge in [-0.2, -0.15) is 0 Å². The van der Waals surface area contributed by atoms with Gasteiger partial charge in [-0.15, -0.1) is 0 Å². The van der Waals surface area contributed by atoms with Crippen LogP contribution in [0.1, 0.15) is 0 Å². The molecule has 0 heterocycles. The number of rotatable bonds is 5. The molecule has 0 N–H and O–H groups in total. The van der Waals surface area contributed by atoms with E-state index < -0.39 is 0 Å². The molecule has 1 aliphatic carbocycles. The molecule has 0 radical (unpaired) electrons. The molecule has 12 rings (SSSR count). The average molecular weight is 733 g/mol. The van der Waals surface area contributed by atoms with Crippen LogP contribution in [0, 0.1) is 0 Å². The van der Waals surface area contributed by atoms with Crippen molar-refractivity contribution in [1.29, 1.82) is 0 Å². The Morgan fingerprint density at radius 1 is 0.190 bits per heavy atom. The predicted octanol–water partition coefficient (Wildman–Crippen LogP) is 16.3.